The van der Waals surface area contributed by atoms with Crippen LogP contribution in [-0.2, 0) is 70.4 Å². The second kappa shape index (κ2) is 36.8. The molecule has 0 aliphatic carbocycles. The number of benzene rings is 2. The van der Waals surface area contributed by atoms with E-state index < -0.39 is 176 Å². The number of nitrogens with one attached hydrogen (secondary N) is 9. The van der Waals surface area contributed by atoms with Gasteiger partial charge in [-0.25, -0.2) is 4.79 Å². The van der Waals surface area contributed by atoms with Crippen molar-refractivity contribution in [2.75, 3.05) is 24.7 Å². The van der Waals surface area contributed by atoms with Crippen LogP contribution in [0, 0.1) is 5.92 Å². The minimum atomic E-state index is -1.92. The highest BCUT2D eigenvalue weighted by atomic mass is 32.1. The van der Waals surface area contributed by atoms with E-state index in [4.69, 9.17) is 17.2 Å². The summed E-state index contributed by atoms with van der Waals surface area (Å²) in [5.74, 6) is -14.8. The first-order chi connectivity index (χ1) is 39.2. The predicted molar refractivity (Wildman–Crippen MR) is 304 cm³/mol. The minimum Gasteiger partial charge on any atom is -0.508 e. The molecule has 0 saturated heterocycles. The maximum atomic E-state index is 14.4. The molecule has 83 heavy (non-hydrogen) atoms. The Morgan fingerprint density at radius 2 is 0.988 bits per heavy atom. The predicted octanol–water partition coefficient (Wildman–Crippen LogP) is -4.90. The number of primary amides is 1. The number of phenolic OH excluding ortho intramolecular Hbond substituents is 1. The van der Waals surface area contributed by atoms with Crippen molar-refractivity contribution in [3.63, 3.8) is 0 Å². The number of rotatable bonds is 38. The molecule has 12 atom stereocenters. The summed E-state index contributed by atoms with van der Waals surface area (Å²) in [5, 5.41) is 71.2. The van der Waals surface area contributed by atoms with Crippen LogP contribution < -0.4 is 65.1 Å². The van der Waals surface area contributed by atoms with Gasteiger partial charge in [-0.2, -0.15) is 25.3 Å². The fraction of sp³-hybridized carbons (Fsp3) is 0.538. The van der Waals surface area contributed by atoms with Gasteiger partial charge < -0.3 is 90.6 Å². The first kappa shape index (κ1) is 71.5. The molecular weight excluding hydrogens is 1130 g/mol. The zero-order valence-electron chi connectivity index (χ0n) is 46.1. The zero-order chi connectivity index (χ0) is 62.5. The lowest BCUT2D eigenvalue weighted by Gasteiger charge is -2.30. The van der Waals surface area contributed by atoms with E-state index in [1.165, 1.54) is 24.3 Å². The Morgan fingerprint density at radius 1 is 0.542 bits per heavy atom. The number of hydrogen-bond acceptors (Lipinski definition) is 19. The van der Waals surface area contributed by atoms with E-state index in [9.17, 15) is 83.1 Å². The van der Waals surface area contributed by atoms with Gasteiger partial charge in [0.25, 0.3) is 0 Å². The Bertz CT molecular complexity index is 2530. The summed E-state index contributed by atoms with van der Waals surface area (Å²) in [4.78, 5) is 160. The summed E-state index contributed by atoms with van der Waals surface area (Å²) in [6.45, 7) is 3.50. The maximum absolute atomic E-state index is 14.4. The minimum absolute atomic E-state index is 0.0205. The second-order valence-electron chi connectivity index (χ2n) is 19.5. The average molecular weight is 1210 g/mol. The van der Waals surface area contributed by atoms with Crippen LogP contribution in [0.2, 0.25) is 0 Å². The van der Waals surface area contributed by atoms with Crippen LogP contribution in [0.3, 0.4) is 0 Å². The summed E-state index contributed by atoms with van der Waals surface area (Å²) < 4.78 is 0. The molecule has 2 rings (SSSR count). The number of thiol groups is 2. The largest absolute Gasteiger partial charge is 0.508 e. The summed E-state index contributed by atoms with van der Waals surface area (Å²) >= 11 is 7.91. The van der Waals surface area contributed by atoms with Crippen molar-refractivity contribution in [2.24, 2.45) is 23.1 Å². The molecule has 0 spiro atoms. The van der Waals surface area contributed by atoms with E-state index in [1.54, 1.807) is 44.2 Å². The van der Waals surface area contributed by atoms with Crippen LogP contribution >= 0.6 is 25.3 Å². The molecule has 0 aliphatic heterocycles. The van der Waals surface area contributed by atoms with E-state index in [1.807, 2.05) is 0 Å². The highest BCUT2D eigenvalue weighted by molar-refractivity contribution is 7.80. The molecule has 0 aliphatic rings. The van der Waals surface area contributed by atoms with E-state index in [2.05, 4.69) is 73.1 Å². The number of amides is 10. The Kier molecular flexibility index (Phi) is 31.7. The summed E-state index contributed by atoms with van der Waals surface area (Å²) in [7, 11) is 0. The first-order valence-electron chi connectivity index (χ1n) is 26.4. The lowest BCUT2D eigenvalue weighted by atomic mass is 9.96. The molecule has 29 nitrogen and oxygen atoms in total. The molecule has 0 fully saturated rings. The lowest BCUT2D eigenvalue weighted by molar-refractivity contribution is -0.142. The molecule has 2 aromatic rings. The molecule has 2 aromatic carbocycles. The Hall–Kier alpha value is -7.58. The summed E-state index contributed by atoms with van der Waals surface area (Å²) in [5.41, 5.74) is 17.7. The van der Waals surface area contributed by atoms with Crippen LogP contribution in [0.4, 0.5) is 0 Å². The lowest BCUT2D eigenvalue weighted by Crippen LogP contribution is -2.62. The van der Waals surface area contributed by atoms with Gasteiger partial charge in [0.15, 0.2) is 0 Å². The molecular formula is C52H78N12O17S2. The summed E-state index contributed by atoms with van der Waals surface area (Å²) in [6, 6.07) is -2.59. The number of unbranched alkanes of at least 4 members (excludes halogenated alkanes) is 1. The van der Waals surface area contributed by atoms with Gasteiger partial charge in [0.2, 0.25) is 59.1 Å². The first-order valence-corrected chi connectivity index (χ1v) is 27.7. The molecule has 460 valence electrons. The summed E-state index contributed by atoms with van der Waals surface area (Å²) in [6.07, 6.45) is -3.38. The van der Waals surface area contributed by atoms with Gasteiger partial charge in [0.1, 0.15) is 60.1 Å². The van der Waals surface area contributed by atoms with E-state index in [0.717, 1.165) is 6.92 Å². The molecule has 0 unspecified atom stereocenters. The number of aliphatic carboxylic acids is 2. The van der Waals surface area contributed by atoms with Crippen LogP contribution in [0.1, 0.15) is 76.8 Å². The van der Waals surface area contributed by atoms with E-state index in [-0.39, 0.29) is 48.6 Å². The maximum Gasteiger partial charge on any atom is 0.327 e. The molecule has 10 amide bonds. The number of carboxylic acids is 2. The third-order valence-corrected chi connectivity index (χ3v) is 13.6. The molecule has 0 saturated carbocycles. The average Bonchev–Trinajstić information content (AvgIpc) is 3.49. The van der Waals surface area contributed by atoms with Crippen LogP contribution in [0.25, 0.3) is 0 Å². The van der Waals surface area contributed by atoms with Crippen LogP contribution in [0.15, 0.2) is 54.6 Å². The Balaban J connectivity index is 2.54. The van der Waals surface area contributed by atoms with Crippen molar-refractivity contribution in [2.45, 2.75) is 145 Å². The fourth-order valence-corrected chi connectivity index (χ4v) is 8.23. The van der Waals surface area contributed by atoms with Crippen molar-refractivity contribution in [1.82, 2.24) is 47.9 Å². The van der Waals surface area contributed by atoms with Gasteiger partial charge in [-0.1, -0.05) is 62.7 Å². The second-order valence-corrected chi connectivity index (χ2v) is 20.2. The van der Waals surface area contributed by atoms with Crippen molar-refractivity contribution in [1.29, 1.82) is 0 Å². The number of nitrogens with two attached hydrogens (primary N) is 3. The zero-order valence-corrected chi connectivity index (χ0v) is 47.9. The molecule has 31 heteroatoms. The fourth-order valence-electron chi connectivity index (χ4n) is 7.81. The number of aliphatic hydroxyl groups is 2. The van der Waals surface area contributed by atoms with Gasteiger partial charge in [0, 0.05) is 30.8 Å². The third kappa shape index (κ3) is 25.2. The molecule has 20 N–H and O–H groups in total. The van der Waals surface area contributed by atoms with Gasteiger partial charge >= 0.3 is 11.9 Å². The van der Waals surface area contributed by atoms with Crippen LogP contribution in [-0.4, -0.2) is 188 Å². The third-order valence-electron chi connectivity index (χ3n) is 12.8. The number of hydrogen-bond donors (Lipinski definition) is 19. The monoisotopic (exact) mass is 1210 g/mol. The topological polar surface area (TPSA) is 492 Å². The van der Waals surface area contributed by atoms with Crippen LogP contribution in [0.5, 0.6) is 5.75 Å². The number of phenols is 1. The Morgan fingerprint density at radius 3 is 1.48 bits per heavy atom. The number of carbonyl (C=O) groups excluding carboxylic acids is 10. The van der Waals surface area contributed by atoms with Gasteiger partial charge in [-0.3, -0.25) is 52.7 Å². The number of aromatic hydroxyl groups is 1. The van der Waals surface area contributed by atoms with Gasteiger partial charge in [-0.05, 0) is 68.3 Å². The molecule has 0 aromatic heterocycles. The Labute approximate surface area is 489 Å². The highest BCUT2D eigenvalue weighted by Crippen LogP contribution is 2.15. The number of carboxylic acid groups (broad SMARTS) is 2. The highest BCUT2D eigenvalue weighted by Gasteiger charge is 2.38. The number of aliphatic hydroxyl groups excluding tert-OH is 2. The smallest absolute Gasteiger partial charge is 0.327 e. The van der Waals surface area contributed by atoms with E-state index >= 15 is 0 Å². The number of carbonyl (C=O) groups is 12. The van der Waals surface area contributed by atoms with Gasteiger partial charge in [-0.15, -0.1) is 0 Å². The van der Waals surface area contributed by atoms with Crippen molar-refractivity contribution in [3.8, 4) is 5.75 Å². The van der Waals surface area contributed by atoms with Gasteiger partial charge in [0.05, 0.1) is 25.2 Å². The molecule has 0 radical (unpaired) electrons. The van der Waals surface area contributed by atoms with Crippen molar-refractivity contribution >= 4 is 96.3 Å². The standard InChI is InChI=1S/C52H78N12O17S2/c1-4-26(2)41(50(78)64-42(27(3)66)51(79)62-38(25-83)52(80)81)63-48(76)35(20-28-10-6-5-7-11-28)58-47(75)36(22-39(55)68)60-46(74)34(21-29-13-15-30(67)16-14-29)59-49(77)37(23-65)61-45(73)33(17-18-40(69)70)57-44(72)32(12-8-9-19-53)56-43(71)31(54)24-82/h5-7,10-11,13-16,26-27,31-38,41-42,65-67,82-83H,4,8-9,12,17-25,53-54H2,1-3H3,(H2,55,68)(H,56,71)(H,57,72)(H,58,75)(H,59,77)(H,60,74)(H,61,73)(H,62,79)(H,63,76)(H,64,78)(H,69,70)(H,80,81)/t26-,27+,31-,32-,33-,34-,35-,36-,37-,38-,41-,42-/m0/s1. The SMILES string of the molecule is CC[C@H](C)[C@H](NC(=O)[C@H](Cc1ccccc1)NC(=O)[C@H](CC(N)=O)NC(=O)[C@H](Cc1ccc(O)cc1)NC(=O)[C@H](CO)NC(=O)[C@H](CCC(=O)O)NC(=O)[C@H](CCCCN)NC(=O)[C@@H](N)CS)C(=O)N[C@H](C(=O)N[C@@H](CS)C(=O)O)[C@@H](C)O. The van der Waals surface area contributed by atoms with E-state index in [0.29, 0.717) is 18.4 Å². The molecule has 0 bridgehead atoms. The quantitative estimate of drug-likeness (QED) is 0.0221. The van der Waals surface area contributed by atoms with Crippen molar-refractivity contribution in [3.05, 3.63) is 65.7 Å². The van der Waals surface area contributed by atoms with Crippen molar-refractivity contribution < 1.29 is 83.1 Å². The normalized spacial score (nSPS) is 15.4. The molecule has 0 heterocycles.